The van der Waals surface area contributed by atoms with Crippen LogP contribution >= 0.6 is 11.8 Å². The highest BCUT2D eigenvalue weighted by atomic mass is 32.2. The molecule has 7 nitrogen and oxygen atoms in total. The Balaban J connectivity index is 2.17. The molecule has 2 aromatic rings. The van der Waals surface area contributed by atoms with Crippen molar-refractivity contribution < 1.29 is 14.5 Å². The molecule has 0 amide bonds. The molecule has 0 atom stereocenters. The van der Waals surface area contributed by atoms with Crippen LogP contribution in [0.15, 0.2) is 46.6 Å². The molecule has 0 aliphatic carbocycles. The summed E-state index contributed by atoms with van der Waals surface area (Å²) in [7, 11) is 1.26. The van der Waals surface area contributed by atoms with Crippen LogP contribution in [-0.4, -0.2) is 28.0 Å². The summed E-state index contributed by atoms with van der Waals surface area (Å²) < 4.78 is 4.56. The lowest BCUT2D eigenvalue weighted by Crippen LogP contribution is -2.05. The van der Waals surface area contributed by atoms with Crippen molar-refractivity contribution in [3.63, 3.8) is 0 Å². The van der Waals surface area contributed by atoms with Crippen LogP contribution in [0.4, 0.5) is 5.69 Å². The fourth-order valence-corrected chi connectivity index (χ4v) is 2.13. The van der Waals surface area contributed by atoms with Crippen LogP contribution in [0.1, 0.15) is 10.5 Å². The summed E-state index contributed by atoms with van der Waals surface area (Å²) in [4.78, 5) is 30.2. The van der Waals surface area contributed by atoms with Crippen molar-refractivity contribution in [2.24, 2.45) is 0 Å². The molecule has 0 spiro atoms. The van der Waals surface area contributed by atoms with E-state index in [4.69, 9.17) is 0 Å². The van der Waals surface area contributed by atoms with Gasteiger partial charge >= 0.3 is 5.97 Å². The number of esters is 1. The summed E-state index contributed by atoms with van der Waals surface area (Å²) in [6.45, 7) is 0. The molecule has 1 aromatic carbocycles. The number of carbonyl (C=O) groups excluding carboxylic acids is 1. The number of nitrogens with zero attached hydrogens (tertiary/aromatic N) is 3. The molecule has 0 fully saturated rings. The molecule has 0 saturated heterocycles. The molecular formula is C12H9N3O4S. The van der Waals surface area contributed by atoms with E-state index in [1.54, 1.807) is 12.1 Å². The third-order valence-electron chi connectivity index (χ3n) is 2.28. The van der Waals surface area contributed by atoms with Gasteiger partial charge in [-0.2, -0.15) is 0 Å². The lowest BCUT2D eigenvalue weighted by atomic mass is 10.3. The second kappa shape index (κ2) is 6.11. The monoisotopic (exact) mass is 291 g/mol. The van der Waals surface area contributed by atoms with Gasteiger partial charge in [-0.15, -0.1) is 0 Å². The molecule has 0 unspecified atom stereocenters. The minimum absolute atomic E-state index is 0.0174. The van der Waals surface area contributed by atoms with Gasteiger partial charge in [-0.25, -0.2) is 9.78 Å². The molecular weight excluding hydrogens is 282 g/mol. The van der Waals surface area contributed by atoms with Crippen molar-refractivity contribution in [3.8, 4) is 0 Å². The lowest BCUT2D eigenvalue weighted by molar-refractivity contribution is -0.384. The van der Waals surface area contributed by atoms with Crippen LogP contribution in [0.3, 0.4) is 0 Å². The molecule has 2 rings (SSSR count). The summed E-state index contributed by atoms with van der Waals surface area (Å²) in [5.41, 5.74) is 0.128. The molecule has 0 aliphatic heterocycles. The van der Waals surface area contributed by atoms with E-state index in [0.29, 0.717) is 5.03 Å². The number of nitro benzene ring substituents is 1. The van der Waals surface area contributed by atoms with Gasteiger partial charge in [0, 0.05) is 17.0 Å². The maximum absolute atomic E-state index is 11.3. The summed E-state index contributed by atoms with van der Waals surface area (Å²) in [5.74, 6) is -0.566. The smallest absolute Gasteiger partial charge is 0.358 e. The zero-order valence-electron chi connectivity index (χ0n) is 10.3. The first kappa shape index (κ1) is 13.9. The lowest BCUT2D eigenvalue weighted by Gasteiger charge is -2.02. The number of methoxy groups -OCH3 is 1. The van der Waals surface area contributed by atoms with Crippen molar-refractivity contribution >= 4 is 23.4 Å². The summed E-state index contributed by atoms with van der Waals surface area (Å²) in [5, 5.41) is 11.0. The van der Waals surface area contributed by atoms with Crippen LogP contribution < -0.4 is 0 Å². The highest BCUT2D eigenvalue weighted by Crippen LogP contribution is 2.27. The Morgan fingerprint density at radius 2 is 2.00 bits per heavy atom. The van der Waals surface area contributed by atoms with Gasteiger partial charge in [-0.3, -0.25) is 15.1 Å². The summed E-state index contributed by atoms with van der Waals surface area (Å²) >= 11 is 1.25. The number of ether oxygens (including phenoxy) is 1. The van der Waals surface area contributed by atoms with E-state index in [1.807, 2.05) is 0 Å². The molecule has 8 heteroatoms. The van der Waals surface area contributed by atoms with Crippen molar-refractivity contribution in [3.05, 3.63) is 52.5 Å². The van der Waals surface area contributed by atoms with Crippen LogP contribution in [-0.2, 0) is 4.74 Å². The minimum Gasteiger partial charge on any atom is -0.464 e. The van der Waals surface area contributed by atoms with Gasteiger partial charge in [-0.1, -0.05) is 11.8 Å². The van der Waals surface area contributed by atoms with Crippen molar-refractivity contribution in [1.82, 2.24) is 9.97 Å². The topological polar surface area (TPSA) is 95.2 Å². The molecule has 0 bridgehead atoms. The first-order valence-corrected chi connectivity index (χ1v) is 6.24. The number of carbonyl (C=O) groups is 1. The Kier molecular flexibility index (Phi) is 4.26. The van der Waals surface area contributed by atoms with E-state index in [2.05, 4.69) is 14.7 Å². The maximum atomic E-state index is 11.3. The fraction of sp³-hybridized carbons (Fsp3) is 0.0833. The van der Waals surface area contributed by atoms with Crippen LogP contribution in [0.5, 0.6) is 0 Å². The number of nitro groups is 1. The molecule has 0 radical (unpaired) electrons. The van der Waals surface area contributed by atoms with Gasteiger partial charge in [-0.05, 0) is 12.1 Å². The van der Waals surface area contributed by atoms with Crippen molar-refractivity contribution in [2.75, 3.05) is 7.11 Å². The average molecular weight is 291 g/mol. The van der Waals surface area contributed by atoms with Crippen LogP contribution in [0.2, 0.25) is 0 Å². The number of hydrogen-bond donors (Lipinski definition) is 0. The van der Waals surface area contributed by atoms with E-state index >= 15 is 0 Å². The Hall–Kier alpha value is -2.48. The van der Waals surface area contributed by atoms with Gasteiger partial charge < -0.3 is 4.74 Å². The molecule has 0 saturated carbocycles. The average Bonchev–Trinajstić information content (AvgIpc) is 2.47. The van der Waals surface area contributed by atoms with E-state index < -0.39 is 10.9 Å². The largest absolute Gasteiger partial charge is 0.464 e. The van der Waals surface area contributed by atoms with Crippen molar-refractivity contribution in [2.45, 2.75) is 9.92 Å². The Labute approximate surface area is 118 Å². The second-order valence-electron chi connectivity index (χ2n) is 3.59. The third kappa shape index (κ3) is 3.29. The normalized spacial score (nSPS) is 10.1. The van der Waals surface area contributed by atoms with E-state index in [0.717, 1.165) is 4.90 Å². The maximum Gasteiger partial charge on any atom is 0.358 e. The van der Waals surface area contributed by atoms with Gasteiger partial charge in [0.25, 0.3) is 5.69 Å². The Morgan fingerprint density at radius 3 is 2.60 bits per heavy atom. The quantitative estimate of drug-likeness (QED) is 0.484. The Morgan fingerprint density at radius 1 is 1.30 bits per heavy atom. The van der Waals surface area contributed by atoms with Gasteiger partial charge in [0.1, 0.15) is 5.03 Å². The van der Waals surface area contributed by atoms with Crippen LogP contribution in [0, 0.1) is 10.1 Å². The molecule has 0 aliphatic rings. The highest BCUT2D eigenvalue weighted by molar-refractivity contribution is 7.99. The zero-order valence-corrected chi connectivity index (χ0v) is 11.2. The van der Waals surface area contributed by atoms with Crippen molar-refractivity contribution in [1.29, 1.82) is 0 Å². The minimum atomic E-state index is -0.566. The fourth-order valence-electron chi connectivity index (χ4n) is 1.36. The summed E-state index contributed by atoms with van der Waals surface area (Å²) in [6, 6.07) is 6.02. The second-order valence-corrected chi connectivity index (χ2v) is 4.68. The summed E-state index contributed by atoms with van der Waals surface area (Å²) in [6.07, 6.45) is 2.81. The first-order chi connectivity index (χ1) is 9.60. The molecule has 102 valence electrons. The number of rotatable bonds is 4. The number of aromatic nitrogens is 2. The predicted octanol–water partition coefficient (Wildman–Crippen LogP) is 2.32. The highest BCUT2D eigenvalue weighted by Gasteiger charge is 2.10. The number of hydrogen-bond acceptors (Lipinski definition) is 7. The molecule has 1 aromatic heterocycles. The number of benzene rings is 1. The van der Waals surface area contributed by atoms with Crippen LogP contribution in [0.25, 0.3) is 0 Å². The van der Waals surface area contributed by atoms with E-state index in [9.17, 15) is 14.9 Å². The first-order valence-electron chi connectivity index (χ1n) is 5.43. The Bertz CT molecular complexity index is 645. The van der Waals surface area contributed by atoms with Gasteiger partial charge in [0.15, 0.2) is 5.69 Å². The third-order valence-corrected chi connectivity index (χ3v) is 3.19. The van der Waals surface area contributed by atoms with Gasteiger partial charge in [0.05, 0.1) is 24.4 Å². The van der Waals surface area contributed by atoms with Gasteiger partial charge in [0.2, 0.25) is 0 Å². The van der Waals surface area contributed by atoms with E-state index in [1.165, 1.54) is 43.4 Å². The standard InChI is InChI=1S/C12H9N3O4S/c1-19-12(16)10-6-13-7-11(14-10)20-9-4-2-8(3-5-9)15(17)18/h2-7H,1H3. The SMILES string of the molecule is COC(=O)c1cncc(Sc2ccc([N+](=O)[O-])cc2)n1. The molecule has 20 heavy (non-hydrogen) atoms. The van der Waals surface area contributed by atoms with E-state index in [-0.39, 0.29) is 11.4 Å². The molecule has 0 N–H and O–H groups in total. The zero-order chi connectivity index (χ0) is 14.5. The molecule has 1 heterocycles. The predicted molar refractivity (Wildman–Crippen MR) is 70.6 cm³/mol. The number of non-ortho nitro benzene ring substituents is 1.